The van der Waals surface area contributed by atoms with Gasteiger partial charge < -0.3 is 10.6 Å². The van der Waals surface area contributed by atoms with Crippen molar-refractivity contribution < 1.29 is 4.79 Å². The summed E-state index contributed by atoms with van der Waals surface area (Å²) in [5.41, 5.74) is 3.75. The Labute approximate surface area is 174 Å². The summed E-state index contributed by atoms with van der Waals surface area (Å²) in [7, 11) is 0. The van der Waals surface area contributed by atoms with Crippen LogP contribution in [0.3, 0.4) is 0 Å². The lowest BCUT2D eigenvalue weighted by Crippen LogP contribution is -2.33. The minimum absolute atomic E-state index is 0.0565. The van der Waals surface area contributed by atoms with Crippen LogP contribution in [0.2, 0.25) is 0 Å². The smallest absolute Gasteiger partial charge is 0.274 e. The van der Waals surface area contributed by atoms with Crippen LogP contribution in [0.15, 0.2) is 24.3 Å². The first-order chi connectivity index (χ1) is 13.9. The van der Waals surface area contributed by atoms with Crippen molar-refractivity contribution in [3.8, 4) is 0 Å². The van der Waals surface area contributed by atoms with E-state index in [0.29, 0.717) is 17.7 Å². The first-order valence-corrected chi connectivity index (χ1v) is 10.9. The molecule has 1 unspecified atom stereocenters. The molecule has 0 saturated carbocycles. The molecule has 0 radical (unpaired) electrons. The number of nitrogens with one attached hydrogen (secondary N) is 2. The van der Waals surface area contributed by atoms with Gasteiger partial charge in [-0.05, 0) is 62.2 Å². The molecule has 1 atom stereocenters. The van der Waals surface area contributed by atoms with Crippen LogP contribution >= 0.6 is 0 Å². The number of rotatable bonds is 7. The number of nitrogens with zero attached hydrogens (tertiary/aromatic N) is 3. The zero-order chi connectivity index (χ0) is 21.0. The zero-order valence-corrected chi connectivity index (χ0v) is 18.4. The Kier molecular flexibility index (Phi) is 7.06. The fourth-order valence-corrected chi connectivity index (χ4v) is 4.13. The summed E-state index contributed by atoms with van der Waals surface area (Å²) in [5, 5.41) is 15.1. The largest absolute Gasteiger partial charge is 0.344 e. The Bertz CT molecular complexity index is 803. The Hall–Kier alpha value is -2.21. The van der Waals surface area contributed by atoms with Crippen LogP contribution in [-0.4, -0.2) is 34.0 Å². The molecular formula is C23H35N5O. The molecule has 6 nitrogen and oxygen atoms in total. The summed E-state index contributed by atoms with van der Waals surface area (Å²) in [4.78, 5) is 13.0. The van der Waals surface area contributed by atoms with E-state index < -0.39 is 0 Å². The molecule has 3 rings (SSSR count). The van der Waals surface area contributed by atoms with Crippen molar-refractivity contribution in [2.45, 2.75) is 66.0 Å². The molecule has 6 heteroatoms. The topological polar surface area (TPSA) is 71.8 Å². The van der Waals surface area contributed by atoms with E-state index in [1.165, 1.54) is 5.56 Å². The predicted molar refractivity (Wildman–Crippen MR) is 116 cm³/mol. The molecule has 2 N–H and O–H groups in total. The van der Waals surface area contributed by atoms with Gasteiger partial charge in [-0.3, -0.25) is 4.79 Å². The minimum Gasteiger partial charge on any atom is -0.344 e. The van der Waals surface area contributed by atoms with Crippen molar-refractivity contribution in [1.82, 2.24) is 25.6 Å². The molecule has 1 saturated heterocycles. The summed E-state index contributed by atoms with van der Waals surface area (Å²) in [6.07, 6.45) is 3.10. The van der Waals surface area contributed by atoms with Crippen LogP contribution in [0.5, 0.6) is 0 Å². The quantitative estimate of drug-likeness (QED) is 0.745. The Morgan fingerprint density at radius 3 is 2.41 bits per heavy atom. The summed E-state index contributed by atoms with van der Waals surface area (Å²) < 4.78 is 1.93. The fourth-order valence-electron chi connectivity index (χ4n) is 4.13. The van der Waals surface area contributed by atoms with Crippen LogP contribution in [0.25, 0.3) is 0 Å². The van der Waals surface area contributed by atoms with Crippen LogP contribution in [0.4, 0.5) is 0 Å². The van der Waals surface area contributed by atoms with E-state index in [0.717, 1.165) is 43.6 Å². The van der Waals surface area contributed by atoms with Gasteiger partial charge in [0.1, 0.15) is 0 Å². The maximum atomic E-state index is 13.0. The van der Waals surface area contributed by atoms with Gasteiger partial charge in [-0.2, -0.15) is 0 Å². The number of aromatic nitrogens is 3. The third-order valence-electron chi connectivity index (χ3n) is 5.73. The van der Waals surface area contributed by atoms with Crippen LogP contribution in [0.1, 0.15) is 79.9 Å². The highest BCUT2D eigenvalue weighted by Gasteiger charge is 2.25. The van der Waals surface area contributed by atoms with Gasteiger partial charge in [0.2, 0.25) is 0 Å². The highest BCUT2D eigenvalue weighted by atomic mass is 16.2. The molecule has 1 aromatic heterocycles. The fraction of sp³-hybridized carbons (Fsp3) is 0.609. The zero-order valence-electron chi connectivity index (χ0n) is 18.4. The number of hydrogen-bond acceptors (Lipinski definition) is 4. The van der Waals surface area contributed by atoms with E-state index in [4.69, 9.17) is 0 Å². The van der Waals surface area contributed by atoms with Gasteiger partial charge in [0.15, 0.2) is 5.69 Å². The minimum atomic E-state index is -0.146. The number of carbonyl (C=O) groups excluding carboxylic acids is 1. The summed E-state index contributed by atoms with van der Waals surface area (Å²) >= 11 is 0. The van der Waals surface area contributed by atoms with E-state index in [-0.39, 0.29) is 17.9 Å². The highest BCUT2D eigenvalue weighted by molar-refractivity contribution is 5.93. The summed E-state index contributed by atoms with van der Waals surface area (Å²) in [5.74, 6) is 0.759. The predicted octanol–water partition coefficient (Wildman–Crippen LogP) is 3.84. The first-order valence-electron chi connectivity index (χ1n) is 10.9. The lowest BCUT2D eigenvalue weighted by atomic mass is 9.93. The van der Waals surface area contributed by atoms with Gasteiger partial charge >= 0.3 is 0 Å². The monoisotopic (exact) mass is 397 g/mol. The molecule has 158 valence electrons. The molecule has 2 aromatic rings. The van der Waals surface area contributed by atoms with E-state index in [1.54, 1.807) is 0 Å². The summed E-state index contributed by atoms with van der Waals surface area (Å²) in [6.45, 7) is 12.6. The third-order valence-corrected chi connectivity index (χ3v) is 5.73. The number of amides is 1. The van der Waals surface area contributed by atoms with E-state index in [1.807, 2.05) is 11.6 Å². The van der Waals surface area contributed by atoms with Crippen molar-refractivity contribution in [3.63, 3.8) is 0 Å². The lowest BCUT2D eigenvalue weighted by Gasteiger charge is -2.24. The van der Waals surface area contributed by atoms with Gasteiger partial charge in [0.05, 0.1) is 17.8 Å². The SMILES string of the molecule is Cc1c(C(=O)NC(c2ccc(CC(C)C)cc2)C(C)C)nnn1C1CCNCC1. The normalized spacial score (nSPS) is 16.4. The molecular weight excluding hydrogens is 362 g/mol. The molecule has 1 aliphatic heterocycles. The van der Waals surface area contributed by atoms with Gasteiger partial charge in [-0.15, -0.1) is 5.10 Å². The maximum Gasteiger partial charge on any atom is 0.274 e. The number of piperidine rings is 1. The van der Waals surface area contributed by atoms with Crippen LogP contribution < -0.4 is 10.6 Å². The standard InChI is InChI=1S/C23H35N5O/c1-15(2)14-18-6-8-19(9-7-18)21(16(3)4)25-23(29)22-17(5)28(27-26-22)20-10-12-24-13-11-20/h6-9,15-16,20-21,24H,10-14H2,1-5H3,(H,25,29). The van der Waals surface area contributed by atoms with Crippen molar-refractivity contribution >= 4 is 5.91 Å². The van der Waals surface area contributed by atoms with Crippen molar-refractivity contribution in [3.05, 3.63) is 46.8 Å². The van der Waals surface area contributed by atoms with Gasteiger partial charge in [-0.25, -0.2) is 4.68 Å². The second-order valence-corrected chi connectivity index (χ2v) is 8.98. The van der Waals surface area contributed by atoms with Crippen LogP contribution in [0, 0.1) is 18.8 Å². The average molecular weight is 398 g/mol. The molecule has 1 amide bonds. The molecule has 1 aliphatic rings. The van der Waals surface area contributed by atoms with Crippen molar-refractivity contribution in [1.29, 1.82) is 0 Å². The third kappa shape index (κ3) is 5.24. The second-order valence-electron chi connectivity index (χ2n) is 8.98. The Morgan fingerprint density at radius 2 is 1.83 bits per heavy atom. The van der Waals surface area contributed by atoms with Gasteiger partial charge in [-0.1, -0.05) is 57.2 Å². The molecule has 0 bridgehead atoms. The Balaban J connectivity index is 1.74. The average Bonchev–Trinajstić information content (AvgIpc) is 3.08. The van der Waals surface area contributed by atoms with Crippen molar-refractivity contribution in [2.24, 2.45) is 11.8 Å². The van der Waals surface area contributed by atoms with Gasteiger partial charge in [0.25, 0.3) is 5.91 Å². The molecule has 0 spiro atoms. The molecule has 1 aromatic carbocycles. The van der Waals surface area contributed by atoms with Crippen LogP contribution in [-0.2, 0) is 6.42 Å². The van der Waals surface area contributed by atoms with E-state index >= 15 is 0 Å². The molecule has 2 heterocycles. The van der Waals surface area contributed by atoms with Gasteiger partial charge in [0, 0.05) is 0 Å². The second kappa shape index (κ2) is 9.53. The summed E-state index contributed by atoms with van der Waals surface area (Å²) in [6, 6.07) is 8.90. The highest BCUT2D eigenvalue weighted by Crippen LogP contribution is 2.24. The number of benzene rings is 1. The molecule has 29 heavy (non-hydrogen) atoms. The van der Waals surface area contributed by atoms with Crippen molar-refractivity contribution in [2.75, 3.05) is 13.1 Å². The maximum absolute atomic E-state index is 13.0. The molecule has 0 aliphatic carbocycles. The van der Waals surface area contributed by atoms with E-state index in [9.17, 15) is 4.79 Å². The number of carbonyl (C=O) groups is 1. The lowest BCUT2D eigenvalue weighted by molar-refractivity contribution is 0.0919. The van der Waals surface area contributed by atoms with E-state index in [2.05, 4.69) is 72.9 Å². The first kappa shape index (κ1) is 21.5. The molecule has 1 fully saturated rings. The Morgan fingerprint density at radius 1 is 1.17 bits per heavy atom. The number of hydrogen-bond donors (Lipinski definition) is 2.